The zero-order valence-electron chi connectivity index (χ0n) is 18.0. The molecule has 0 aromatic heterocycles. The fourth-order valence-electron chi connectivity index (χ4n) is 2.76. The number of anilines is 1. The van der Waals surface area contributed by atoms with Gasteiger partial charge in [-0.15, -0.1) is 0 Å². The van der Waals surface area contributed by atoms with Crippen LogP contribution < -0.4 is 14.8 Å². The van der Waals surface area contributed by atoms with E-state index < -0.39 is 0 Å². The standard InChI is InChI=1S/C25H25FN2O4/c1-3-30-24-14-20(8-13-23(24)31-16-19-6-9-21(26)10-7-19)15-27-32-17-25(29)28-22-11-4-18(2)5-12-22/h4-15H,3,16-17H2,1-2H3,(H,28,29)/b27-15+. The molecule has 0 unspecified atom stereocenters. The van der Waals surface area contributed by atoms with Crippen LogP contribution in [0.5, 0.6) is 11.5 Å². The Kier molecular flexibility index (Phi) is 8.20. The first kappa shape index (κ1) is 22.8. The monoisotopic (exact) mass is 436 g/mol. The first-order chi connectivity index (χ1) is 15.5. The number of aryl methyl sites for hydroxylation is 1. The third kappa shape index (κ3) is 7.12. The molecule has 0 aliphatic carbocycles. The van der Waals surface area contributed by atoms with Gasteiger partial charge in [0.15, 0.2) is 18.1 Å². The largest absolute Gasteiger partial charge is 0.490 e. The Bertz CT molecular complexity index is 1050. The van der Waals surface area contributed by atoms with Crippen LogP contribution in [-0.2, 0) is 16.2 Å². The number of nitrogens with one attached hydrogen (secondary N) is 1. The zero-order chi connectivity index (χ0) is 22.8. The molecule has 0 saturated heterocycles. The van der Waals surface area contributed by atoms with Crippen molar-refractivity contribution in [3.05, 3.63) is 89.2 Å². The lowest BCUT2D eigenvalue weighted by Gasteiger charge is -2.12. The van der Waals surface area contributed by atoms with Crippen molar-refractivity contribution in [2.75, 3.05) is 18.5 Å². The van der Waals surface area contributed by atoms with Gasteiger partial charge in [-0.05, 0) is 61.9 Å². The van der Waals surface area contributed by atoms with Crippen LogP contribution in [0.25, 0.3) is 0 Å². The van der Waals surface area contributed by atoms with Crippen molar-refractivity contribution >= 4 is 17.8 Å². The number of carbonyl (C=O) groups is 1. The highest BCUT2D eigenvalue weighted by Gasteiger charge is 2.07. The number of carbonyl (C=O) groups excluding carboxylic acids is 1. The van der Waals surface area contributed by atoms with E-state index in [4.69, 9.17) is 14.3 Å². The van der Waals surface area contributed by atoms with Gasteiger partial charge in [-0.3, -0.25) is 4.79 Å². The van der Waals surface area contributed by atoms with Crippen molar-refractivity contribution < 1.29 is 23.5 Å². The fraction of sp³-hybridized carbons (Fsp3) is 0.200. The Hall–Kier alpha value is -3.87. The van der Waals surface area contributed by atoms with Crippen molar-refractivity contribution in [1.82, 2.24) is 0 Å². The SMILES string of the molecule is CCOc1cc(/C=N/OCC(=O)Nc2ccc(C)cc2)ccc1OCc1ccc(F)cc1. The maximum atomic E-state index is 13.0. The van der Waals surface area contributed by atoms with Crippen molar-refractivity contribution in [3.63, 3.8) is 0 Å². The average Bonchev–Trinajstić information content (AvgIpc) is 2.79. The summed E-state index contributed by atoms with van der Waals surface area (Å²) in [5.74, 6) is 0.523. The molecule has 0 spiro atoms. The molecule has 3 aromatic carbocycles. The van der Waals surface area contributed by atoms with E-state index in [1.165, 1.54) is 18.3 Å². The summed E-state index contributed by atoms with van der Waals surface area (Å²) in [4.78, 5) is 17.0. The van der Waals surface area contributed by atoms with Gasteiger partial charge in [0, 0.05) is 11.3 Å². The van der Waals surface area contributed by atoms with Crippen molar-refractivity contribution in [2.45, 2.75) is 20.5 Å². The van der Waals surface area contributed by atoms with Crippen LogP contribution in [-0.4, -0.2) is 25.3 Å². The number of ether oxygens (including phenoxy) is 2. The summed E-state index contributed by atoms with van der Waals surface area (Å²) < 4.78 is 24.5. The second kappa shape index (κ2) is 11.5. The quantitative estimate of drug-likeness (QED) is 0.355. The van der Waals surface area contributed by atoms with Gasteiger partial charge in [0.2, 0.25) is 0 Å². The Morgan fingerprint density at radius 2 is 1.75 bits per heavy atom. The molecule has 7 heteroatoms. The molecular weight excluding hydrogens is 411 g/mol. The second-order valence-electron chi connectivity index (χ2n) is 6.98. The minimum absolute atomic E-state index is 0.207. The second-order valence-corrected chi connectivity index (χ2v) is 6.98. The van der Waals surface area contributed by atoms with Crippen LogP contribution in [0.4, 0.5) is 10.1 Å². The van der Waals surface area contributed by atoms with E-state index in [1.807, 2.05) is 38.1 Å². The molecule has 0 aliphatic heterocycles. The topological polar surface area (TPSA) is 69.2 Å². The lowest BCUT2D eigenvalue weighted by molar-refractivity contribution is -0.120. The van der Waals surface area contributed by atoms with E-state index in [-0.39, 0.29) is 24.9 Å². The van der Waals surface area contributed by atoms with Gasteiger partial charge in [-0.1, -0.05) is 35.0 Å². The van der Waals surface area contributed by atoms with E-state index in [1.54, 1.807) is 30.3 Å². The summed E-state index contributed by atoms with van der Waals surface area (Å²) in [6.07, 6.45) is 1.49. The van der Waals surface area contributed by atoms with Gasteiger partial charge < -0.3 is 19.6 Å². The summed E-state index contributed by atoms with van der Waals surface area (Å²) in [5.41, 5.74) is 3.38. The molecule has 0 atom stereocenters. The number of rotatable bonds is 10. The third-order valence-corrected chi connectivity index (χ3v) is 4.38. The maximum Gasteiger partial charge on any atom is 0.265 e. The Morgan fingerprint density at radius 3 is 2.47 bits per heavy atom. The number of hydrogen-bond donors (Lipinski definition) is 1. The van der Waals surface area contributed by atoms with Crippen LogP contribution in [0, 0.1) is 12.7 Å². The summed E-state index contributed by atoms with van der Waals surface area (Å²) in [6, 6.07) is 18.9. The molecule has 3 aromatic rings. The zero-order valence-corrected chi connectivity index (χ0v) is 18.0. The first-order valence-corrected chi connectivity index (χ1v) is 10.2. The number of hydrogen-bond acceptors (Lipinski definition) is 5. The van der Waals surface area contributed by atoms with E-state index in [2.05, 4.69) is 10.5 Å². The molecule has 0 radical (unpaired) electrons. The molecule has 0 saturated carbocycles. The Balaban J connectivity index is 1.53. The Labute approximate surface area is 186 Å². The van der Waals surface area contributed by atoms with Gasteiger partial charge in [-0.2, -0.15) is 0 Å². The maximum absolute atomic E-state index is 13.0. The minimum Gasteiger partial charge on any atom is -0.490 e. The number of nitrogens with zero attached hydrogens (tertiary/aromatic N) is 1. The molecule has 1 N–H and O–H groups in total. The van der Waals surface area contributed by atoms with Crippen LogP contribution in [0.1, 0.15) is 23.6 Å². The molecule has 166 valence electrons. The molecule has 0 bridgehead atoms. The molecule has 0 heterocycles. The number of benzene rings is 3. The van der Waals surface area contributed by atoms with Gasteiger partial charge in [0.05, 0.1) is 12.8 Å². The predicted octanol–water partition coefficient (Wildman–Crippen LogP) is 5.10. The van der Waals surface area contributed by atoms with E-state index >= 15 is 0 Å². The van der Waals surface area contributed by atoms with Crippen LogP contribution in [0.3, 0.4) is 0 Å². The van der Waals surface area contributed by atoms with Crippen LogP contribution in [0.15, 0.2) is 71.9 Å². The van der Waals surface area contributed by atoms with Crippen molar-refractivity contribution in [3.8, 4) is 11.5 Å². The lowest BCUT2D eigenvalue weighted by atomic mass is 10.2. The summed E-state index contributed by atoms with van der Waals surface area (Å²) in [7, 11) is 0. The number of halogens is 1. The fourth-order valence-corrected chi connectivity index (χ4v) is 2.76. The summed E-state index contributed by atoms with van der Waals surface area (Å²) >= 11 is 0. The number of oxime groups is 1. The average molecular weight is 436 g/mol. The summed E-state index contributed by atoms with van der Waals surface area (Å²) in [6.45, 7) is 4.39. The van der Waals surface area contributed by atoms with Crippen LogP contribution >= 0.6 is 0 Å². The first-order valence-electron chi connectivity index (χ1n) is 10.2. The predicted molar refractivity (Wildman–Crippen MR) is 122 cm³/mol. The Morgan fingerprint density at radius 1 is 1.00 bits per heavy atom. The highest BCUT2D eigenvalue weighted by Crippen LogP contribution is 2.29. The molecule has 1 amide bonds. The van der Waals surface area contributed by atoms with E-state index in [0.717, 1.165) is 16.7 Å². The van der Waals surface area contributed by atoms with Gasteiger partial charge in [-0.25, -0.2) is 4.39 Å². The molecule has 32 heavy (non-hydrogen) atoms. The normalized spacial score (nSPS) is 10.7. The van der Waals surface area contributed by atoms with Gasteiger partial charge in [0.25, 0.3) is 5.91 Å². The molecule has 0 fully saturated rings. The third-order valence-electron chi connectivity index (χ3n) is 4.38. The van der Waals surface area contributed by atoms with Gasteiger partial charge in [0.1, 0.15) is 12.4 Å². The molecule has 0 aliphatic rings. The van der Waals surface area contributed by atoms with E-state index in [0.29, 0.717) is 23.8 Å². The van der Waals surface area contributed by atoms with Crippen LogP contribution in [0.2, 0.25) is 0 Å². The number of amides is 1. The summed E-state index contributed by atoms with van der Waals surface area (Å²) in [5, 5.41) is 6.59. The smallest absolute Gasteiger partial charge is 0.265 e. The minimum atomic E-state index is -0.300. The van der Waals surface area contributed by atoms with Gasteiger partial charge >= 0.3 is 0 Å². The molecule has 3 rings (SSSR count). The molecular formula is C25H25FN2O4. The highest BCUT2D eigenvalue weighted by atomic mass is 19.1. The van der Waals surface area contributed by atoms with E-state index in [9.17, 15) is 9.18 Å². The van der Waals surface area contributed by atoms with Crippen molar-refractivity contribution in [2.24, 2.45) is 5.16 Å². The highest BCUT2D eigenvalue weighted by molar-refractivity contribution is 5.91. The van der Waals surface area contributed by atoms with Crippen molar-refractivity contribution in [1.29, 1.82) is 0 Å². The lowest BCUT2D eigenvalue weighted by Crippen LogP contribution is -2.16. The molecule has 6 nitrogen and oxygen atoms in total.